The van der Waals surface area contributed by atoms with Crippen LogP contribution in [-0.4, -0.2) is 13.0 Å². The van der Waals surface area contributed by atoms with E-state index in [2.05, 4.69) is 5.32 Å². The average molecular weight is 235 g/mol. The normalized spacial score (nSPS) is 11.1. The second-order valence-electron chi connectivity index (χ2n) is 4.73. The van der Waals surface area contributed by atoms with Gasteiger partial charge in [0.2, 0.25) is 5.91 Å². The molecular formula is C14H21NO2. The third-order valence-corrected chi connectivity index (χ3v) is 3.13. The van der Waals surface area contributed by atoms with Crippen molar-refractivity contribution in [1.82, 2.24) is 5.32 Å². The molecule has 0 radical (unpaired) electrons. The van der Waals surface area contributed by atoms with Crippen molar-refractivity contribution in [1.29, 1.82) is 0 Å². The molecule has 1 aromatic carbocycles. The quantitative estimate of drug-likeness (QED) is 0.852. The number of rotatable bonds is 5. The lowest BCUT2D eigenvalue weighted by Gasteiger charge is -2.21. The van der Waals surface area contributed by atoms with Crippen LogP contribution in [0.1, 0.15) is 32.8 Å². The van der Waals surface area contributed by atoms with Gasteiger partial charge in [0.05, 0.1) is 7.11 Å². The van der Waals surface area contributed by atoms with E-state index in [0.717, 1.165) is 17.7 Å². The molecule has 1 amide bonds. The van der Waals surface area contributed by atoms with E-state index in [4.69, 9.17) is 4.74 Å². The maximum absolute atomic E-state index is 11.9. The summed E-state index contributed by atoms with van der Waals surface area (Å²) in [5.41, 5.74) is 0.678. The van der Waals surface area contributed by atoms with Crippen molar-refractivity contribution in [3.8, 4) is 5.75 Å². The lowest BCUT2D eigenvalue weighted by atomic mass is 9.89. The molecule has 0 unspecified atom stereocenters. The van der Waals surface area contributed by atoms with Crippen LogP contribution >= 0.6 is 0 Å². The van der Waals surface area contributed by atoms with Gasteiger partial charge in [0.15, 0.2) is 0 Å². The minimum absolute atomic E-state index is 0.0749. The second-order valence-corrected chi connectivity index (χ2v) is 4.73. The number of para-hydroxylation sites is 1. The van der Waals surface area contributed by atoms with E-state index in [9.17, 15) is 4.79 Å². The van der Waals surface area contributed by atoms with Crippen LogP contribution in [0, 0.1) is 5.41 Å². The van der Waals surface area contributed by atoms with Crippen LogP contribution in [0.5, 0.6) is 5.75 Å². The molecule has 0 bridgehead atoms. The fourth-order valence-electron chi connectivity index (χ4n) is 1.42. The maximum Gasteiger partial charge on any atom is 0.225 e. The van der Waals surface area contributed by atoms with Gasteiger partial charge >= 0.3 is 0 Å². The summed E-state index contributed by atoms with van der Waals surface area (Å²) in [5.74, 6) is 0.882. The number of carbonyl (C=O) groups is 1. The van der Waals surface area contributed by atoms with Crippen molar-refractivity contribution in [2.75, 3.05) is 7.11 Å². The van der Waals surface area contributed by atoms with Crippen LogP contribution < -0.4 is 10.1 Å². The van der Waals surface area contributed by atoms with Crippen LogP contribution in [0.3, 0.4) is 0 Å². The number of hydrogen-bond acceptors (Lipinski definition) is 2. The van der Waals surface area contributed by atoms with Gasteiger partial charge in [-0.25, -0.2) is 0 Å². The van der Waals surface area contributed by atoms with Gasteiger partial charge in [0, 0.05) is 17.5 Å². The molecule has 3 nitrogen and oxygen atoms in total. The maximum atomic E-state index is 11.9. The number of hydrogen-bond donors (Lipinski definition) is 1. The first-order valence-corrected chi connectivity index (χ1v) is 5.91. The summed E-state index contributed by atoms with van der Waals surface area (Å²) in [5, 5.41) is 2.95. The van der Waals surface area contributed by atoms with E-state index in [1.165, 1.54) is 0 Å². The molecule has 94 valence electrons. The van der Waals surface area contributed by atoms with Crippen molar-refractivity contribution in [2.24, 2.45) is 5.41 Å². The molecule has 0 saturated heterocycles. The lowest BCUT2D eigenvalue weighted by Crippen LogP contribution is -2.36. The first kappa shape index (κ1) is 13.6. The van der Waals surface area contributed by atoms with Crippen LogP contribution in [-0.2, 0) is 11.3 Å². The average Bonchev–Trinajstić information content (AvgIpc) is 2.36. The van der Waals surface area contributed by atoms with Crippen LogP contribution in [0.4, 0.5) is 0 Å². The monoisotopic (exact) mass is 235 g/mol. The largest absolute Gasteiger partial charge is 0.496 e. The standard InChI is InChI=1S/C14H21NO2/c1-5-14(2,3)13(16)15-10-11-8-6-7-9-12(11)17-4/h6-9H,5,10H2,1-4H3,(H,15,16). The van der Waals surface area contributed by atoms with Gasteiger partial charge in [-0.1, -0.05) is 39.0 Å². The Morgan fingerprint density at radius 2 is 2.00 bits per heavy atom. The Labute approximate surface area is 103 Å². The SMILES string of the molecule is CCC(C)(C)C(=O)NCc1ccccc1OC. The summed E-state index contributed by atoms with van der Waals surface area (Å²) in [6, 6.07) is 7.71. The number of amides is 1. The molecule has 0 fully saturated rings. The van der Waals surface area contributed by atoms with Gasteiger partial charge in [-0.2, -0.15) is 0 Å². The molecule has 17 heavy (non-hydrogen) atoms. The zero-order valence-electron chi connectivity index (χ0n) is 11.0. The third kappa shape index (κ3) is 3.48. The fourth-order valence-corrected chi connectivity index (χ4v) is 1.42. The highest BCUT2D eigenvalue weighted by Crippen LogP contribution is 2.21. The topological polar surface area (TPSA) is 38.3 Å². The molecule has 0 saturated carbocycles. The highest BCUT2D eigenvalue weighted by Gasteiger charge is 2.24. The Balaban J connectivity index is 2.65. The molecular weight excluding hydrogens is 214 g/mol. The van der Waals surface area contributed by atoms with Crippen molar-refractivity contribution in [3.05, 3.63) is 29.8 Å². The smallest absolute Gasteiger partial charge is 0.225 e. The molecule has 0 aliphatic rings. The zero-order chi connectivity index (χ0) is 12.9. The molecule has 0 spiro atoms. The Bertz CT molecular complexity index is 386. The fraction of sp³-hybridized carbons (Fsp3) is 0.500. The number of carbonyl (C=O) groups excluding carboxylic acids is 1. The molecule has 1 aromatic rings. The lowest BCUT2D eigenvalue weighted by molar-refractivity contribution is -0.129. The predicted molar refractivity (Wildman–Crippen MR) is 68.9 cm³/mol. The molecule has 0 atom stereocenters. The van der Waals surface area contributed by atoms with Crippen molar-refractivity contribution in [3.63, 3.8) is 0 Å². The Hall–Kier alpha value is -1.51. The third-order valence-electron chi connectivity index (χ3n) is 3.13. The minimum atomic E-state index is -0.317. The summed E-state index contributed by atoms with van der Waals surface area (Å²) >= 11 is 0. The summed E-state index contributed by atoms with van der Waals surface area (Å²) in [6.45, 7) is 6.42. The van der Waals surface area contributed by atoms with E-state index < -0.39 is 0 Å². The van der Waals surface area contributed by atoms with Crippen LogP contribution in [0.15, 0.2) is 24.3 Å². The van der Waals surface area contributed by atoms with Gasteiger partial charge < -0.3 is 10.1 Å². The van der Waals surface area contributed by atoms with Crippen molar-refractivity contribution in [2.45, 2.75) is 33.7 Å². The predicted octanol–water partition coefficient (Wildman–Crippen LogP) is 2.75. The molecule has 0 aliphatic heterocycles. The molecule has 0 heterocycles. The van der Waals surface area contributed by atoms with Gasteiger partial charge in [-0.3, -0.25) is 4.79 Å². The molecule has 1 rings (SSSR count). The zero-order valence-corrected chi connectivity index (χ0v) is 11.0. The van der Waals surface area contributed by atoms with E-state index >= 15 is 0 Å². The summed E-state index contributed by atoms with van der Waals surface area (Å²) < 4.78 is 5.24. The van der Waals surface area contributed by atoms with Gasteiger partial charge in [0.1, 0.15) is 5.75 Å². The molecule has 3 heteroatoms. The number of benzene rings is 1. The first-order chi connectivity index (χ1) is 8.01. The van der Waals surface area contributed by atoms with Gasteiger partial charge in [-0.05, 0) is 12.5 Å². The Kier molecular flexibility index (Phi) is 4.55. The summed E-state index contributed by atoms with van der Waals surface area (Å²) in [7, 11) is 1.64. The van der Waals surface area contributed by atoms with Crippen molar-refractivity contribution >= 4 is 5.91 Å². The Morgan fingerprint density at radius 3 is 2.59 bits per heavy atom. The summed E-state index contributed by atoms with van der Waals surface area (Å²) in [6.07, 6.45) is 0.824. The van der Waals surface area contributed by atoms with Crippen LogP contribution in [0.25, 0.3) is 0 Å². The van der Waals surface area contributed by atoms with E-state index in [-0.39, 0.29) is 11.3 Å². The number of ether oxygens (including phenoxy) is 1. The number of methoxy groups -OCH3 is 1. The molecule has 0 aromatic heterocycles. The van der Waals surface area contributed by atoms with E-state index in [1.54, 1.807) is 7.11 Å². The van der Waals surface area contributed by atoms with Crippen molar-refractivity contribution < 1.29 is 9.53 Å². The molecule has 1 N–H and O–H groups in total. The van der Waals surface area contributed by atoms with E-state index in [1.807, 2.05) is 45.0 Å². The van der Waals surface area contributed by atoms with E-state index in [0.29, 0.717) is 6.54 Å². The number of nitrogens with one attached hydrogen (secondary N) is 1. The second kappa shape index (κ2) is 5.71. The highest BCUT2D eigenvalue weighted by molar-refractivity contribution is 5.81. The molecule has 0 aliphatic carbocycles. The van der Waals surface area contributed by atoms with Gasteiger partial charge in [0.25, 0.3) is 0 Å². The summed E-state index contributed by atoms with van der Waals surface area (Å²) in [4.78, 5) is 11.9. The van der Waals surface area contributed by atoms with Gasteiger partial charge in [-0.15, -0.1) is 0 Å². The first-order valence-electron chi connectivity index (χ1n) is 5.91. The minimum Gasteiger partial charge on any atom is -0.496 e. The Morgan fingerprint density at radius 1 is 1.35 bits per heavy atom. The van der Waals surface area contributed by atoms with Crippen LogP contribution in [0.2, 0.25) is 0 Å². The highest BCUT2D eigenvalue weighted by atomic mass is 16.5.